The van der Waals surface area contributed by atoms with Crippen molar-refractivity contribution >= 4 is 45.0 Å². The van der Waals surface area contributed by atoms with Crippen LogP contribution in [0.25, 0.3) is 44.1 Å². The second-order valence-corrected chi connectivity index (χ2v) is 14.4. The zero-order valence-corrected chi connectivity index (χ0v) is 33.3. The van der Waals surface area contributed by atoms with Crippen molar-refractivity contribution in [1.82, 2.24) is 9.97 Å². The molecule has 6 aromatic carbocycles. The first kappa shape index (κ1) is 46.2. The molecule has 0 unspecified atom stereocenters. The topological polar surface area (TPSA) is 84.0 Å². The Labute approximate surface area is 365 Å². The van der Waals surface area contributed by atoms with Crippen molar-refractivity contribution in [3.8, 4) is 22.3 Å². The number of hydrogen-bond donors (Lipinski definition) is 2. The van der Waals surface area contributed by atoms with Gasteiger partial charge in [0.1, 0.15) is 0 Å². The average molecular weight is 921 g/mol. The molecule has 0 saturated heterocycles. The van der Waals surface area contributed by atoms with Gasteiger partial charge < -0.3 is 10.6 Å². The first-order valence-electron chi connectivity index (χ1n) is 19.2. The number of alkyl halides is 12. The number of rotatable bonds is 6. The summed E-state index contributed by atoms with van der Waals surface area (Å²) in [5, 5.41) is 6.17. The van der Waals surface area contributed by atoms with Gasteiger partial charge in [0.15, 0.2) is 0 Å². The van der Waals surface area contributed by atoms with E-state index >= 15 is 0 Å². The maximum atomic E-state index is 13.2. The van der Waals surface area contributed by atoms with Crippen LogP contribution in [-0.4, -0.2) is 21.8 Å². The molecule has 0 radical (unpaired) electrons. The number of nitrogens with zero attached hydrogens (tertiary/aromatic N) is 2. The number of carbonyl (C=O) groups excluding carboxylic acids is 2. The van der Waals surface area contributed by atoms with Gasteiger partial charge in [-0.05, 0) is 95.6 Å². The number of halogens is 12. The Kier molecular flexibility index (Phi) is 12.6. The maximum absolute atomic E-state index is 13.2. The van der Waals surface area contributed by atoms with Crippen molar-refractivity contribution in [3.63, 3.8) is 0 Å². The number of nitrogens with one attached hydrogen (secondary N) is 2. The predicted octanol–water partition coefficient (Wildman–Crippen LogP) is 14.4. The summed E-state index contributed by atoms with van der Waals surface area (Å²) >= 11 is 0. The van der Waals surface area contributed by atoms with E-state index in [0.29, 0.717) is 57.2 Å². The SMILES string of the molecule is O=C(Nc1ccc2nccc(-c3ccccc3)c2c1)c1cc(C(F)(F)F)cc(C(F)(F)F)c1.O=C(Nc1ccc2ncccc2c1-c1ccccc1)c1cc(C(F)(F)F)cc(C(F)(F)F)c1. The van der Waals surface area contributed by atoms with Gasteiger partial charge in [-0.15, -0.1) is 0 Å². The highest BCUT2D eigenvalue weighted by Crippen LogP contribution is 2.40. The van der Waals surface area contributed by atoms with Gasteiger partial charge in [0.25, 0.3) is 11.8 Å². The number of carbonyl (C=O) groups is 2. The Hall–Kier alpha value is -7.76. The lowest BCUT2D eigenvalue weighted by molar-refractivity contribution is -0.144. The summed E-state index contributed by atoms with van der Waals surface area (Å²) < 4.78 is 158. The van der Waals surface area contributed by atoms with E-state index in [1.54, 1.807) is 79.1 Å². The molecule has 0 aliphatic rings. The zero-order chi connectivity index (χ0) is 47.6. The van der Waals surface area contributed by atoms with Gasteiger partial charge >= 0.3 is 24.7 Å². The van der Waals surface area contributed by atoms with Crippen LogP contribution in [-0.2, 0) is 24.7 Å². The molecule has 0 aliphatic carbocycles. The maximum Gasteiger partial charge on any atom is 0.416 e. The highest BCUT2D eigenvalue weighted by molar-refractivity contribution is 6.11. The van der Waals surface area contributed by atoms with E-state index in [0.717, 1.165) is 11.1 Å². The summed E-state index contributed by atoms with van der Waals surface area (Å²) in [6.45, 7) is 0. The normalized spacial score (nSPS) is 12.1. The molecule has 66 heavy (non-hydrogen) atoms. The molecule has 0 spiro atoms. The van der Waals surface area contributed by atoms with Gasteiger partial charge in [-0.25, -0.2) is 0 Å². The lowest BCUT2D eigenvalue weighted by Crippen LogP contribution is -2.17. The summed E-state index contributed by atoms with van der Waals surface area (Å²) in [6.07, 6.45) is -17.0. The van der Waals surface area contributed by atoms with E-state index in [2.05, 4.69) is 20.6 Å². The second kappa shape index (κ2) is 18.0. The predicted molar refractivity (Wildman–Crippen MR) is 223 cm³/mol. The van der Waals surface area contributed by atoms with Gasteiger partial charge in [0.05, 0.1) is 33.3 Å². The molecule has 6 nitrogen and oxygen atoms in total. The number of aromatic nitrogens is 2. The minimum atomic E-state index is -5.06. The molecule has 0 bridgehead atoms. The van der Waals surface area contributed by atoms with Gasteiger partial charge in [-0.1, -0.05) is 66.7 Å². The molecule has 0 atom stereocenters. The van der Waals surface area contributed by atoms with Crippen LogP contribution in [0, 0.1) is 0 Å². The number of amides is 2. The molecular formula is C48H28F12N4O2. The van der Waals surface area contributed by atoms with Crippen LogP contribution in [0.3, 0.4) is 0 Å². The van der Waals surface area contributed by atoms with Gasteiger partial charge in [0, 0.05) is 51.2 Å². The van der Waals surface area contributed by atoms with Crippen LogP contribution < -0.4 is 10.6 Å². The quantitative estimate of drug-likeness (QED) is 0.163. The third kappa shape index (κ3) is 10.6. The number of pyridine rings is 2. The van der Waals surface area contributed by atoms with Gasteiger partial charge in [-0.2, -0.15) is 52.7 Å². The van der Waals surface area contributed by atoms with Crippen molar-refractivity contribution in [2.45, 2.75) is 24.7 Å². The van der Waals surface area contributed by atoms with E-state index in [4.69, 9.17) is 0 Å². The van der Waals surface area contributed by atoms with Crippen LogP contribution >= 0.6 is 0 Å². The summed E-state index contributed by atoms with van der Waals surface area (Å²) in [5.74, 6) is -2.21. The monoisotopic (exact) mass is 920 g/mol. The van der Waals surface area contributed by atoms with Crippen molar-refractivity contribution in [2.24, 2.45) is 0 Å². The van der Waals surface area contributed by atoms with Crippen molar-refractivity contribution < 1.29 is 62.3 Å². The van der Waals surface area contributed by atoms with Crippen LogP contribution in [0.4, 0.5) is 64.1 Å². The number of fused-ring (bicyclic) bond motifs is 2. The Bertz CT molecular complexity index is 3000. The number of anilines is 2. The summed E-state index contributed by atoms with van der Waals surface area (Å²) in [6, 6.07) is 32.6. The zero-order valence-electron chi connectivity index (χ0n) is 33.3. The summed E-state index contributed by atoms with van der Waals surface area (Å²) in [4.78, 5) is 34.0. The van der Waals surface area contributed by atoms with E-state index in [9.17, 15) is 62.3 Å². The fraction of sp³-hybridized carbons (Fsp3) is 0.0833. The Balaban J connectivity index is 0.000000196. The largest absolute Gasteiger partial charge is 0.416 e. The molecular weight excluding hydrogens is 893 g/mol. The average Bonchev–Trinajstić information content (AvgIpc) is 3.28. The third-order valence-corrected chi connectivity index (χ3v) is 9.88. The van der Waals surface area contributed by atoms with Crippen LogP contribution in [0.5, 0.6) is 0 Å². The van der Waals surface area contributed by atoms with Crippen LogP contribution in [0.1, 0.15) is 43.0 Å². The van der Waals surface area contributed by atoms with Gasteiger partial charge in [-0.3, -0.25) is 19.6 Å². The van der Waals surface area contributed by atoms with Crippen LogP contribution in [0.15, 0.2) is 158 Å². The summed E-state index contributed by atoms with van der Waals surface area (Å²) in [7, 11) is 0. The first-order chi connectivity index (χ1) is 31.1. The van der Waals surface area contributed by atoms with E-state index in [1.807, 2.05) is 30.3 Å². The fourth-order valence-electron chi connectivity index (χ4n) is 6.84. The Morgan fingerprint density at radius 2 is 0.864 bits per heavy atom. The highest BCUT2D eigenvalue weighted by atomic mass is 19.4. The van der Waals surface area contributed by atoms with Crippen molar-refractivity contribution in [3.05, 3.63) is 191 Å². The lowest BCUT2D eigenvalue weighted by atomic mass is 9.98. The molecule has 2 N–H and O–H groups in total. The summed E-state index contributed by atoms with van der Waals surface area (Å²) in [5.41, 5.74) is -3.23. The molecule has 0 saturated carbocycles. The first-order valence-corrected chi connectivity index (χ1v) is 19.2. The number of benzene rings is 6. The number of hydrogen-bond acceptors (Lipinski definition) is 4. The molecule has 18 heteroatoms. The van der Waals surface area contributed by atoms with Crippen molar-refractivity contribution in [2.75, 3.05) is 10.6 Å². The highest BCUT2D eigenvalue weighted by Gasteiger charge is 2.39. The van der Waals surface area contributed by atoms with Gasteiger partial charge in [0.2, 0.25) is 0 Å². The van der Waals surface area contributed by atoms with E-state index in [-0.39, 0.29) is 23.5 Å². The smallest absolute Gasteiger partial charge is 0.322 e. The minimum Gasteiger partial charge on any atom is -0.322 e. The third-order valence-electron chi connectivity index (χ3n) is 9.88. The van der Waals surface area contributed by atoms with E-state index < -0.39 is 69.9 Å². The van der Waals surface area contributed by atoms with E-state index in [1.165, 1.54) is 12.1 Å². The molecule has 0 aliphatic heterocycles. The Morgan fingerprint density at radius 1 is 0.409 bits per heavy atom. The molecule has 2 heterocycles. The lowest BCUT2D eigenvalue weighted by Gasteiger charge is -2.16. The Morgan fingerprint density at radius 3 is 1.38 bits per heavy atom. The molecule has 0 fully saturated rings. The van der Waals surface area contributed by atoms with Crippen LogP contribution in [0.2, 0.25) is 0 Å². The fourth-order valence-corrected chi connectivity index (χ4v) is 6.84. The molecule has 8 rings (SSSR count). The van der Waals surface area contributed by atoms with Crippen molar-refractivity contribution in [1.29, 1.82) is 0 Å². The molecule has 336 valence electrons. The minimum absolute atomic E-state index is 0.0200. The molecule has 8 aromatic rings. The standard InChI is InChI=1S/2C24H14F6N2O/c25-23(26,27)16-11-15(12-17(13-16)24(28,29)30)22(33)32-20-9-8-19-18(7-4-10-31-19)21(20)14-5-2-1-3-6-14;25-23(26,27)16-10-15(11-17(12-16)24(28,29)30)22(33)32-18-6-7-21-20(13-18)19(8-9-31-21)14-4-2-1-3-5-14/h2*1-13H,(H,32,33). The molecule has 2 amide bonds. The molecule has 2 aromatic heterocycles. The second-order valence-electron chi connectivity index (χ2n) is 14.4.